The van der Waals surface area contributed by atoms with Crippen molar-refractivity contribution in [2.75, 3.05) is 5.73 Å². The molecule has 1 aromatic carbocycles. The van der Waals surface area contributed by atoms with Crippen LogP contribution in [0.3, 0.4) is 0 Å². The molecule has 7 heteroatoms. The summed E-state index contributed by atoms with van der Waals surface area (Å²) < 4.78 is 2.16. The van der Waals surface area contributed by atoms with Crippen LogP contribution in [0.25, 0.3) is 10.9 Å². The number of pyridine rings is 1. The lowest BCUT2D eigenvalue weighted by Crippen LogP contribution is -2.28. The smallest absolute Gasteiger partial charge is 0.254 e. The first-order valence-corrected chi connectivity index (χ1v) is 9.40. The zero-order chi connectivity index (χ0) is 20.6. The number of H-pyrrole nitrogens is 1. The minimum atomic E-state index is -0.297. The number of aromatic amines is 1. The molecule has 2 radical (unpaired) electrons. The van der Waals surface area contributed by atoms with Crippen LogP contribution in [-0.4, -0.2) is 23.3 Å². The van der Waals surface area contributed by atoms with E-state index < -0.39 is 0 Å². The minimum Gasteiger partial charge on any atom is -0.385 e. The van der Waals surface area contributed by atoms with Gasteiger partial charge in [0, 0.05) is 40.8 Å². The van der Waals surface area contributed by atoms with Crippen LogP contribution >= 0.6 is 0 Å². The number of aryl methyl sites for hydroxylation is 2. The van der Waals surface area contributed by atoms with Gasteiger partial charge in [0.2, 0.25) is 0 Å². The van der Waals surface area contributed by atoms with Gasteiger partial charge in [-0.15, -0.1) is 0 Å². The van der Waals surface area contributed by atoms with E-state index >= 15 is 0 Å². The lowest BCUT2D eigenvalue weighted by atomic mass is 9.91. The van der Waals surface area contributed by atoms with Crippen LogP contribution in [-0.2, 0) is 6.54 Å². The fraction of sp³-hybridized carbons (Fsp3) is 0.333. The van der Waals surface area contributed by atoms with Crippen LogP contribution in [0.15, 0.2) is 29.2 Å². The summed E-state index contributed by atoms with van der Waals surface area (Å²) in [6.45, 7) is 8.16. The first kappa shape index (κ1) is 19.8. The predicted molar refractivity (Wildman–Crippen MR) is 114 cm³/mol. The second-order valence-corrected chi connectivity index (χ2v) is 7.34. The van der Waals surface area contributed by atoms with Gasteiger partial charge in [-0.3, -0.25) is 9.59 Å². The molecule has 3 rings (SSSR count). The van der Waals surface area contributed by atoms with Crippen molar-refractivity contribution in [3.63, 3.8) is 0 Å². The van der Waals surface area contributed by atoms with E-state index in [0.717, 1.165) is 28.5 Å². The predicted octanol–water partition coefficient (Wildman–Crippen LogP) is 2.22. The number of nitrogens with zero attached hydrogens (tertiary/aromatic N) is 1. The Kier molecular flexibility index (Phi) is 5.36. The van der Waals surface area contributed by atoms with Gasteiger partial charge in [0.25, 0.3) is 11.5 Å². The molecule has 0 saturated carbocycles. The topological polar surface area (TPSA) is 92.9 Å². The van der Waals surface area contributed by atoms with Crippen LogP contribution < -0.4 is 22.1 Å². The second-order valence-electron chi connectivity index (χ2n) is 7.34. The molecule has 144 valence electrons. The quantitative estimate of drug-likeness (QED) is 0.596. The summed E-state index contributed by atoms with van der Waals surface area (Å²) in [6.07, 6.45) is 3.03. The van der Waals surface area contributed by atoms with Crippen LogP contribution in [0.4, 0.5) is 5.82 Å². The molecule has 2 heterocycles. The number of anilines is 1. The van der Waals surface area contributed by atoms with Gasteiger partial charge in [-0.05, 0) is 50.5 Å². The number of amides is 1. The molecule has 1 unspecified atom stereocenters. The number of benzene rings is 1. The third-order valence-corrected chi connectivity index (χ3v) is 5.26. The number of nitrogens with one attached hydrogen (secondary N) is 2. The van der Waals surface area contributed by atoms with Crippen molar-refractivity contribution in [2.45, 2.75) is 46.7 Å². The number of nitrogen functional groups attached to an aromatic ring is 1. The van der Waals surface area contributed by atoms with Gasteiger partial charge in [0.1, 0.15) is 13.7 Å². The fourth-order valence-corrected chi connectivity index (χ4v) is 3.58. The van der Waals surface area contributed by atoms with Gasteiger partial charge < -0.3 is 20.6 Å². The van der Waals surface area contributed by atoms with Crippen LogP contribution in [0.1, 0.15) is 53.4 Å². The number of aromatic nitrogens is 2. The molecule has 1 atom stereocenters. The van der Waals surface area contributed by atoms with Crippen molar-refractivity contribution < 1.29 is 4.79 Å². The summed E-state index contributed by atoms with van der Waals surface area (Å²) in [7, 11) is 6.09. The summed E-state index contributed by atoms with van der Waals surface area (Å²) in [4.78, 5) is 27.7. The van der Waals surface area contributed by atoms with Gasteiger partial charge in [-0.1, -0.05) is 18.5 Å². The number of nitrogens with two attached hydrogens (primary N) is 1. The molecule has 0 bridgehead atoms. The van der Waals surface area contributed by atoms with E-state index in [1.807, 2.05) is 13.0 Å². The molecule has 0 aliphatic carbocycles. The maximum atomic E-state index is 13.0. The number of carbonyl (C=O) groups is 1. The average Bonchev–Trinajstić information content (AvgIpc) is 2.95. The van der Waals surface area contributed by atoms with Crippen LogP contribution in [0, 0.1) is 13.8 Å². The van der Waals surface area contributed by atoms with E-state index in [4.69, 9.17) is 13.6 Å². The molecule has 0 saturated heterocycles. The molecule has 28 heavy (non-hydrogen) atoms. The van der Waals surface area contributed by atoms with Gasteiger partial charge in [-0.2, -0.15) is 0 Å². The first-order chi connectivity index (χ1) is 13.2. The molecule has 1 amide bonds. The van der Waals surface area contributed by atoms with E-state index in [1.165, 1.54) is 0 Å². The third kappa shape index (κ3) is 3.57. The van der Waals surface area contributed by atoms with Crippen molar-refractivity contribution in [1.29, 1.82) is 0 Å². The van der Waals surface area contributed by atoms with E-state index in [1.54, 1.807) is 19.1 Å². The minimum absolute atomic E-state index is 0.113. The van der Waals surface area contributed by atoms with Crippen molar-refractivity contribution in [3.8, 4) is 0 Å². The summed E-state index contributed by atoms with van der Waals surface area (Å²) in [5.41, 5.74) is 9.57. The van der Waals surface area contributed by atoms with Gasteiger partial charge in [0.05, 0.1) is 0 Å². The Bertz CT molecular complexity index is 1110. The molecule has 0 aliphatic rings. The maximum Gasteiger partial charge on any atom is 0.254 e. The number of rotatable bonds is 5. The highest BCUT2D eigenvalue weighted by atomic mass is 16.1. The maximum absolute atomic E-state index is 13.0. The van der Waals surface area contributed by atoms with Crippen molar-refractivity contribution in [3.05, 3.63) is 57.0 Å². The first-order valence-electron chi connectivity index (χ1n) is 9.40. The Morgan fingerprint density at radius 1 is 1.29 bits per heavy atom. The highest BCUT2D eigenvalue weighted by Gasteiger charge is 2.18. The molecule has 0 fully saturated rings. The molecule has 2 aromatic heterocycles. The van der Waals surface area contributed by atoms with Gasteiger partial charge >= 0.3 is 0 Å². The Morgan fingerprint density at radius 2 is 2.00 bits per heavy atom. The molecule has 6 nitrogen and oxygen atoms in total. The monoisotopic (exact) mass is 376 g/mol. The van der Waals surface area contributed by atoms with Gasteiger partial charge in [0.15, 0.2) is 0 Å². The Morgan fingerprint density at radius 3 is 2.64 bits per heavy atom. The highest BCUT2D eigenvalue weighted by Crippen LogP contribution is 2.28. The molecular weight excluding hydrogens is 351 g/mol. The zero-order valence-electron chi connectivity index (χ0n) is 16.7. The number of hydrogen-bond acceptors (Lipinski definition) is 3. The van der Waals surface area contributed by atoms with Crippen molar-refractivity contribution >= 4 is 35.9 Å². The normalized spacial score (nSPS) is 12.3. The fourth-order valence-electron chi connectivity index (χ4n) is 3.58. The van der Waals surface area contributed by atoms with Crippen molar-refractivity contribution in [1.82, 2.24) is 14.9 Å². The van der Waals surface area contributed by atoms with E-state index in [9.17, 15) is 9.59 Å². The van der Waals surface area contributed by atoms with E-state index in [0.29, 0.717) is 28.4 Å². The van der Waals surface area contributed by atoms with E-state index in [-0.39, 0.29) is 18.0 Å². The largest absolute Gasteiger partial charge is 0.385 e. The number of hydrogen-bond donors (Lipinski definition) is 3. The van der Waals surface area contributed by atoms with Gasteiger partial charge in [-0.25, -0.2) is 0 Å². The lowest BCUT2D eigenvalue weighted by molar-refractivity contribution is 0.0952. The standard InChI is InChI=1S/C21H25BN4O2/c1-5-13(4)26-10-12(3)19-15(7-14(22)8-17(19)26)20(27)24-9-16-11(2)6-18(23)25-21(16)28/h6-8,10,13H,5,9H2,1-4H3,(H,24,27)(H3,23,25,28). The molecule has 3 aromatic rings. The molecular formula is C21H25BN4O2. The summed E-state index contributed by atoms with van der Waals surface area (Å²) in [6, 6.07) is 5.56. The van der Waals surface area contributed by atoms with Crippen molar-refractivity contribution in [2.24, 2.45) is 0 Å². The summed E-state index contributed by atoms with van der Waals surface area (Å²) >= 11 is 0. The third-order valence-electron chi connectivity index (χ3n) is 5.26. The Labute approximate surface area is 165 Å². The van der Waals surface area contributed by atoms with E-state index in [2.05, 4.69) is 34.9 Å². The molecule has 0 aliphatic heterocycles. The summed E-state index contributed by atoms with van der Waals surface area (Å²) in [5.74, 6) is 0.0371. The average molecular weight is 376 g/mol. The van der Waals surface area contributed by atoms with Crippen LogP contribution in [0.2, 0.25) is 0 Å². The van der Waals surface area contributed by atoms with Crippen LogP contribution in [0.5, 0.6) is 0 Å². The number of carbonyl (C=O) groups excluding carboxylic acids is 1. The molecule has 4 N–H and O–H groups in total. The lowest BCUT2D eigenvalue weighted by Gasteiger charge is -2.14. The number of fused-ring (bicyclic) bond motifs is 1. The Hall–Kier alpha value is -2.96. The SMILES string of the molecule is [B]c1cc(C(=O)NCc2c(C)cc(N)[nH]c2=O)c2c(C)cn(C(C)CC)c2c1. The molecule has 0 spiro atoms. The highest BCUT2D eigenvalue weighted by molar-refractivity contribution is 6.34. The zero-order valence-corrected chi connectivity index (χ0v) is 16.7. The Balaban J connectivity index is 1.98. The second kappa shape index (κ2) is 7.58. The summed E-state index contributed by atoms with van der Waals surface area (Å²) in [5, 5.41) is 3.74.